The van der Waals surface area contributed by atoms with E-state index in [0.717, 1.165) is 5.56 Å². The molecule has 3 heterocycles. The number of aromatic nitrogens is 3. The summed E-state index contributed by atoms with van der Waals surface area (Å²) >= 11 is 0. The second-order valence-corrected chi connectivity index (χ2v) is 5.83. The van der Waals surface area contributed by atoms with E-state index in [0.29, 0.717) is 18.1 Å². The highest BCUT2D eigenvalue weighted by Gasteiger charge is 2.27. The fraction of sp³-hybridized carbons (Fsp3) is 0.312. The van der Waals surface area contributed by atoms with Crippen LogP contribution in [0.4, 0.5) is 0 Å². The summed E-state index contributed by atoms with van der Waals surface area (Å²) in [6.07, 6.45) is 5.07. The molecule has 0 radical (unpaired) electrons. The van der Waals surface area contributed by atoms with Crippen molar-refractivity contribution >= 4 is 5.91 Å². The van der Waals surface area contributed by atoms with Crippen molar-refractivity contribution in [3.05, 3.63) is 59.6 Å². The molecule has 2 N–H and O–H groups in total. The summed E-state index contributed by atoms with van der Waals surface area (Å²) in [5, 5.41) is 20.8. The van der Waals surface area contributed by atoms with Gasteiger partial charge in [-0.25, -0.2) is 0 Å². The van der Waals surface area contributed by atoms with Crippen LogP contribution in [0.1, 0.15) is 34.5 Å². The standard InChI is InChI=1S/C16H18N4O4/c1-11-7-18-20(8-11)9-12-6-13(19-24-12)15(21)17-10-16(2,22)14-4-3-5-23-14/h3-8,22H,9-10H2,1-2H3,(H,17,21). The maximum atomic E-state index is 12.1. The van der Waals surface area contributed by atoms with Gasteiger partial charge in [-0.05, 0) is 31.5 Å². The van der Waals surface area contributed by atoms with Crippen molar-refractivity contribution in [3.8, 4) is 0 Å². The molecule has 3 rings (SSSR count). The van der Waals surface area contributed by atoms with Crippen LogP contribution in [0.25, 0.3) is 0 Å². The van der Waals surface area contributed by atoms with E-state index in [1.165, 1.54) is 6.26 Å². The summed E-state index contributed by atoms with van der Waals surface area (Å²) in [4.78, 5) is 12.1. The molecule has 8 nitrogen and oxygen atoms in total. The average Bonchev–Trinajstić information content (AvgIpc) is 3.27. The van der Waals surface area contributed by atoms with Gasteiger partial charge in [-0.1, -0.05) is 5.16 Å². The van der Waals surface area contributed by atoms with Gasteiger partial charge in [0, 0.05) is 12.3 Å². The Hall–Kier alpha value is -2.87. The highest BCUT2D eigenvalue weighted by Crippen LogP contribution is 2.20. The number of carbonyl (C=O) groups excluding carboxylic acids is 1. The Morgan fingerprint density at radius 1 is 1.50 bits per heavy atom. The van der Waals surface area contributed by atoms with Gasteiger partial charge >= 0.3 is 0 Å². The molecule has 0 aromatic carbocycles. The van der Waals surface area contributed by atoms with Crippen LogP contribution in [0.3, 0.4) is 0 Å². The highest BCUT2D eigenvalue weighted by atomic mass is 16.5. The number of amides is 1. The monoisotopic (exact) mass is 330 g/mol. The predicted octanol–water partition coefficient (Wildman–Crippen LogP) is 1.46. The molecule has 8 heteroatoms. The molecule has 0 aliphatic rings. The topological polar surface area (TPSA) is 106 Å². The quantitative estimate of drug-likeness (QED) is 0.708. The summed E-state index contributed by atoms with van der Waals surface area (Å²) in [5.41, 5.74) is -0.130. The number of rotatable bonds is 6. The van der Waals surface area contributed by atoms with Crippen molar-refractivity contribution in [2.45, 2.75) is 26.0 Å². The Morgan fingerprint density at radius 3 is 3.00 bits per heavy atom. The number of hydrogen-bond acceptors (Lipinski definition) is 6. The third-order valence-electron chi connectivity index (χ3n) is 3.52. The van der Waals surface area contributed by atoms with Gasteiger partial charge < -0.3 is 19.4 Å². The van der Waals surface area contributed by atoms with Gasteiger partial charge in [-0.2, -0.15) is 5.10 Å². The van der Waals surface area contributed by atoms with Crippen LogP contribution in [0.15, 0.2) is 45.8 Å². The van der Waals surface area contributed by atoms with Crippen molar-refractivity contribution < 1.29 is 18.8 Å². The van der Waals surface area contributed by atoms with Gasteiger partial charge in [0.1, 0.15) is 17.9 Å². The van der Waals surface area contributed by atoms with Gasteiger partial charge in [-0.3, -0.25) is 9.48 Å². The molecule has 3 aromatic rings. The van der Waals surface area contributed by atoms with Crippen LogP contribution in [0.5, 0.6) is 0 Å². The largest absolute Gasteiger partial charge is 0.466 e. The SMILES string of the molecule is Cc1cnn(Cc2cc(C(=O)NCC(C)(O)c3ccco3)no2)c1. The smallest absolute Gasteiger partial charge is 0.273 e. The van der Waals surface area contributed by atoms with Crippen LogP contribution in [-0.4, -0.2) is 32.5 Å². The fourth-order valence-electron chi connectivity index (χ4n) is 2.22. The van der Waals surface area contributed by atoms with Crippen molar-refractivity contribution in [1.82, 2.24) is 20.3 Å². The molecule has 1 atom stereocenters. The lowest BCUT2D eigenvalue weighted by Gasteiger charge is -2.20. The van der Waals surface area contributed by atoms with E-state index in [1.807, 2.05) is 13.1 Å². The number of hydrogen-bond donors (Lipinski definition) is 2. The number of furan rings is 1. The molecule has 0 spiro atoms. The van der Waals surface area contributed by atoms with Crippen molar-refractivity contribution in [3.63, 3.8) is 0 Å². The number of aliphatic hydroxyl groups is 1. The second-order valence-electron chi connectivity index (χ2n) is 5.83. The van der Waals surface area contributed by atoms with Crippen molar-refractivity contribution in [2.75, 3.05) is 6.54 Å². The zero-order valence-electron chi connectivity index (χ0n) is 13.4. The zero-order valence-corrected chi connectivity index (χ0v) is 13.4. The van der Waals surface area contributed by atoms with E-state index >= 15 is 0 Å². The average molecular weight is 330 g/mol. The molecule has 0 aliphatic heterocycles. The molecule has 126 valence electrons. The summed E-state index contributed by atoms with van der Waals surface area (Å²) in [6, 6.07) is 4.87. The molecular formula is C16H18N4O4. The minimum Gasteiger partial charge on any atom is -0.466 e. The first-order valence-corrected chi connectivity index (χ1v) is 7.43. The van der Waals surface area contributed by atoms with Gasteiger partial charge in [0.2, 0.25) is 0 Å². The molecular weight excluding hydrogens is 312 g/mol. The molecule has 0 saturated heterocycles. The van der Waals surface area contributed by atoms with E-state index in [9.17, 15) is 9.90 Å². The Labute approximate surface area is 138 Å². The summed E-state index contributed by atoms with van der Waals surface area (Å²) in [6.45, 7) is 3.87. The number of carbonyl (C=O) groups is 1. The third kappa shape index (κ3) is 3.54. The minimum absolute atomic E-state index is 0.0140. The van der Waals surface area contributed by atoms with Crippen LogP contribution >= 0.6 is 0 Å². The molecule has 1 unspecified atom stereocenters. The lowest BCUT2D eigenvalue weighted by atomic mass is 10.0. The van der Waals surface area contributed by atoms with E-state index in [1.54, 1.807) is 36.0 Å². The Kier molecular flexibility index (Phi) is 4.22. The highest BCUT2D eigenvalue weighted by molar-refractivity contribution is 5.92. The van der Waals surface area contributed by atoms with E-state index in [4.69, 9.17) is 8.94 Å². The summed E-state index contributed by atoms with van der Waals surface area (Å²) < 4.78 is 12.0. The van der Waals surface area contributed by atoms with Crippen molar-refractivity contribution in [1.29, 1.82) is 0 Å². The fourth-order valence-corrected chi connectivity index (χ4v) is 2.22. The van der Waals surface area contributed by atoms with E-state index < -0.39 is 11.5 Å². The van der Waals surface area contributed by atoms with Crippen LogP contribution in [-0.2, 0) is 12.1 Å². The van der Waals surface area contributed by atoms with E-state index in [2.05, 4.69) is 15.6 Å². The molecule has 0 aliphatic carbocycles. The number of aryl methyl sites for hydroxylation is 1. The maximum Gasteiger partial charge on any atom is 0.273 e. The van der Waals surface area contributed by atoms with Crippen LogP contribution in [0, 0.1) is 6.92 Å². The Morgan fingerprint density at radius 2 is 2.33 bits per heavy atom. The Balaban J connectivity index is 1.59. The molecule has 0 bridgehead atoms. The zero-order chi connectivity index (χ0) is 17.2. The normalized spacial score (nSPS) is 13.6. The number of nitrogens with zero attached hydrogens (tertiary/aromatic N) is 3. The van der Waals surface area contributed by atoms with E-state index in [-0.39, 0.29) is 12.2 Å². The van der Waals surface area contributed by atoms with Crippen molar-refractivity contribution in [2.24, 2.45) is 0 Å². The summed E-state index contributed by atoms with van der Waals surface area (Å²) in [5.74, 6) is 0.451. The number of nitrogens with one attached hydrogen (secondary N) is 1. The lowest BCUT2D eigenvalue weighted by Crippen LogP contribution is -2.38. The van der Waals surface area contributed by atoms with Gasteiger partial charge in [0.15, 0.2) is 11.5 Å². The first-order chi connectivity index (χ1) is 11.4. The van der Waals surface area contributed by atoms with Crippen LogP contribution < -0.4 is 5.32 Å². The molecule has 1 amide bonds. The third-order valence-corrected chi connectivity index (χ3v) is 3.52. The lowest BCUT2D eigenvalue weighted by molar-refractivity contribution is 0.0329. The summed E-state index contributed by atoms with van der Waals surface area (Å²) in [7, 11) is 0. The first kappa shape index (κ1) is 16.0. The Bertz CT molecular complexity index is 817. The van der Waals surface area contributed by atoms with Crippen LogP contribution in [0.2, 0.25) is 0 Å². The minimum atomic E-state index is -1.31. The molecule has 3 aromatic heterocycles. The second kappa shape index (κ2) is 6.32. The first-order valence-electron chi connectivity index (χ1n) is 7.43. The van der Waals surface area contributed by atoms with Gasteiger partial charge in [-0.15, -0.1) is 0 Å². The maximum absolute atomic E-state index is 12.1. The predicted molar refractivity (Wildman–Crippen MR) is 83.2 cm³/mol. The molecule has 0 saturated carbocycles. The van der Waals surface area contributed by atoms with Gasteiger partial charge in [0.05, 0.1) is 19.0 Å². The molecule has 0 fully saturated rings. The molecule has 24 heavy (non-hydrogen) atoms. The van der Waals surface area contributed by atoms with Gasteiger partial charge in [0.25, 0.3) is 5.91 Å².